The van der Waals surface area contributed by atoms with Crippen LogP contribution < -0.4 is 0 Å². The lowest BCUT2D eigenvalue weighted by Gasteiger charge is -1.92. The fraction of sp³-hybridized carbons (Fsp3) is 1.00. The van der Waals surface area contributed by atoms with Crippen LogP contribution >= 0.6 is 0 Å². The molecular weight excluding hydrogens is 76.1 g/mol. The Morgan fingerprint density at radius 2 is 2.00 bits per heavy atom. The quantitative estimate of drug-likeness (QED) is 0.462. The SMILES string of the molecule is C[C@@H]1C[C@]1(C)O. The van der Waals surface area contributed by atoms with Gasteiger partial charge >= 0.3 is 0 Å². The summed E-state index contributed by atoms with van der Waals surface area (Å²) < 4.78 is 0. The molecule has 1 fully saturated rings. The zero-order valence-corrected chi connectivity index (χ0v) is 4.23. The molecular formula is C5H10O. The first-order valence-electron chi connectivity index (χ1n) is 2.35. The summed E-state index contributed by atoms with van der Waals surface area (Å²) in [5.41, 5.74) is -0.292. The van der Waals surface area contributed by atoms with Crippen molar-refractivity contribution in [3.8, 4) is 0 Å². The van der Waals surface area contributed by atoms with Crippen molar-refractivity contribution in [3.05, 3.63) is 0 Å². The van der Waals surface area contributed by atoms with Crippen LogP contribution in [0.4, 0.5) is 0 Å². The van der Waals surface area contributed by atoms with Gasteiger partial charge in [0.25, 0.3) is 0 Å². The average Bonchev–Trinajstić information content (AvgIpc) is 1.73. The van der Waals surface area contributed by atoms with E-state index in [1.165, 1.54) is 0 Å². The molecule has 0 aromatic rings. The Balaban J connectivity index is 2.41. The number of hydrogen-bond donors (Lipinski definition) is 1. The van der Waals surface area contributed by atoms with Crippen molar-refractivity contribution in [2.24, 2.45) is 5.92 Å². The van der Waals surface area contributed by atoms with Gasteiger partial charge in [0.05, 0.1) is 5.60 Å². The molecule has 1 N–H and O–H groups in total. The summed E-state index contributed by atoms with van der Waals surface area (Å²) in [6.45, 7) is 3.93. The minimum Gasteiger partial charge on any atom is -0.390 e. The van der Waals surface area contributed by atoms with Gasteiger partial charge in [-0.3, -0.25) is 0 Å². The van der Waals surface area contributed by atoms with Gasteiger partial charge in [0.15, 0.2) is 0 Å². The molecule has 1 rings (SSSR count). The van der Waals surface area contributed by atoms with E-state index in [4.69, 9.17) is 5.11 Å². The van der Waals surface area contributed by atoms with Crippen LogP contribution in [0.2, 0.25) is 0 Å². The zero-order valence-electron chi connectivity index (χ0n) is 4.23. The minimum absolute atomic E-state index is 0.292. The van der Waals surface area contributed by atoms with Crippen LogP contribution in [-0.2, 0) is 0 Å². The summed E-state index contributed by atoms with van der Waals surface area (Å²) in [6, 6.07) is 0. The molecule has 0 unspecified atom stereocenters. The molecule has 6 heavy (non-hydrogen) atoms. The second-order valence-electron chi connectivity index (χ2n) is 2.46. The summed E-state index contributed by atoms with van der Waals surface area (Å²) in [5, 5.41) is 8.90. The standard InChI is InChI=1S/C5H10O/c1-4-3-5(4,2)6/h4,6H,3H2,1-2H3/t4-,5+/m1/s1. The number of rotatable bonds is 0. The van der Waals surface area contributed by atoms with E-state index >= 15 is 0 Å². The second-order valence-corrected chi connectivity index (χ2v) is 2.46. The maximum atomic E-state index is 8.90. The Kier molecular flexibility index (Phi) is 0.539. The molecule has 0 bridgehead atoms. The van der Waals surface area contributed by atoms with E-state index in [2.05, 4.69) is 6.92 Å². The van der Waals surface area contributed by atoms with E-state index in [0.29, 0.717) is 5.92 Å². The molecule has 0 aromatic heterocycles. The highest BCUT2D eigenvalue weighted by Gasteiger charge is 2.44. The molecule has 0 radical (unpaired) electrons. The summed E-state index contributed by atoms with van der Waals surface area (Å²) in [6.07, 6.45) is 0.993. The molecule has 0 aliphatic heterocycles. The van der Waals surface area contributed by atoms with Crippen molar-refractivity contribution in [2.75, 3.05) is 0 Å². The van der Waals surface area contributed by atoms with E-state index in [0.717, 1.165) is 6.42 Å². The molecule has 0 saturated heterocycles. The fourth-order valence-corrected chi connectivity index (χ4v) is 0.561. The minimum atomic E-state index is -0.292. The lowest BCUT2D eigenvalue weighted by Crippen LogP contribution is -1.99. The molecule has 0 amide bonds. The van der Waals surface area contributed by atoms with Gasteiger partial charge in [-0.1, -0.05) is 6.92 Å². The van der Waals surface area contributed by atoms with E-state index in [-0.39, 0.29) is 5.60 Å². The third kappa shape index (κ3) is 0.432. The van der Waals surface area contributed by atoms with Gasteiger partial charge in [0, 0.05) is 0 Å². The highest BCUT2D eigenvalue weighted by atomic mass is 16.3. The Bertz CT molecular complexity index is 66.3. The average molecular weight is 86.1 g/mol. The molecule has 0 aromatic carbocycles. The first-order chi connectivity index (χ1) is 2.63. The number of hydrogen-bond acceptors (Lipinski definition) is 1. The van der Waals surface area contributed by atoms with E-state index in [1.807, 2.05) is 6.92 Å². The molecule has 1 saturated carbocycles. The molecule has 36 valence electrons. The van der Waals surface area contributed by atoms with Gasteiger partial charge in [-0.05, 0) is 19.3 Å². The first kappa shape index (κ1) is 4.13. The molecule has 1 aliphatic carbocycles. The summed E-state index contributed by atoms with van der Waals surface area (Å²) >= 11 is 0. The van der Waals surface area contributed by atoms with Crippen LogP contribution in [0.5, 0.6) is 0 Å². The Hall–Kier alpha value is -0.0400. The maximum absolute atomic E-state index is 8.90. The van der Waals surface area contributed by atoms with Crippen molar-refractivity contribution in [2.45, 2.75) is 25.9 Å². The van der Waals surface area contributed by atoms with Crippen LogP contribution in [0.25, 0.3) is 0 Å². The zero-order chi connectivity index (χ0) is 4.78. The third-order valence-corrected chi connectivity index (χ3v) is 1.62. The van der Waals surface area contributed by atoms with Crippen LogP contribution in [0.3, 0.4) is 0 Å². The smallest absolute Gasteiger partial charge is 0.0649 e. The van der Waals surface area contributed by atoms with Crippen molar-refractivity contribution < 1.29 is 5.11 Å². The highest BCUT2D eigenvalue weighted by molar-refractivity contribution is 4.95. The summed E-state index contributed by atoms with van der Waals surface area (Å²) in [7, 11) is 0. The molecule has 1 heteroatoms. The monoisotopic (exact) mass is 86.1 g/mol. The number of aliphatic hydroxyl groups is 1. The van der Waals surface area contributed by atoms with Crippen molar-refractivity contribution in [1.29, 1.82) is 0 Å². The van der Waals surface area contributed by atoms with Gasteiger partial charge in [-0.2, -0.15) is 0 Å². The maximum Gasteiger partial charge on any atom is 0.0649 e. The van der Waals surface area contributed by atoms with E-state index in [9.17, 15) is 0 Å². The second kappa shape index (κ2) is 0.784. The largest absolute Gasteiger partial charge is 0.390 e. The van der Waals surface area contributed by atoms with Crippen molar-refractivity contribution in [3.63, 3.8) is 0 Å². The van der Waals surface area contributed by atoms with E-state index in [1.54, 1.807) is 0 Å². The summed E-state index contributed by atoms with van der Waals surface area (Å²) in [5.74, 6) is 0.553. The van der Waals surface area contributed by atoms with Crippen LogP contribution in [0, 0.1) is 5.92 Å². The Morgan fingerprint density at radius 1 is 1.83 bits per heavy atom. The molecule has 1 aliphatic rings. The van der Waals surface area contributed by atoms with Gasteiger partial charge in [-0.15, -0.1) is 0 Å². The molecule has 2 atom stereocenters. The lowest BCUT2D eigenvalue weighted by atomic mass is 10.3. The van der Waals surface area contributed by atoms with Gasteiger partial charge in [0.1, 0.15) is 0 Å². The topological polar surface area (TPSA) is 20.2 Å². The normalized spacial score (nSPS) is 55.5. The molecule has 0 spiro atoms. The van der Waals surface area contributed by atoms with E-state index < -0.39 is 0 Å². The predicted molar refractivity (Wildman–Crippen MR) is 24.4 cm³/mol. The van der Waals surface area contributed by atoms with Crippen LogP contribution in [0.1, 0.15) is 20.3 Å². The van der Waals surface area contributed by atoms with Gasteiger partial charge < -0.3 is 5.11 Å². The Labute approximate surface area is 38.0 Å². The van der Waals surface area contributed by atoms with Crippen LogP contribution in [-0.4, -0.2) is 10.7 Å². The first-order valence-corrected chi connectivity index (χ1v) is 2.35. The van der Waals surface area contributed by atoms with Crippen molar-refractivity contribution in [1.82, 2.24) is 0 Å². The van der Waals surface area contributed by atoms with Crippen molar-refractivity contribution >= 4 is 0 Å². The third-order valence-electron chi connectivity index (χ3n) is 1.62. The highest BCUT2D eigenvalue weighted by Crippen LogP contribution is 2.41. The fourth-order valence-electron chi connectivity index (χ4n) is 0.561. The predicted octanol–water partition coefficient (Wildman–Crippen LogP) is 0.777. The summed E-state index contributed by atoms with van der Waals surface area (Å²) in [4.78, 5) is 0. The van der Waals surface area contributed by atoms with Gasteiger partial charge in [0.2, 0.25) is 0 Å². The lowest BCUT2D eigenvalue weighted by molar-refractivity contribution is 0.155. The van der Waals surface area contributed by atoms with Crippen LogP contribution in [0.15, 0.2) is 0 Å². The Morgan fingerprint density at radius 3 is 2.00 bits per heavy atom. The van der Waals surface area contributed by atoms with Gasteiger partial charge in [-0.25, -0.2) is 0 Å². The molecule has 1 nitrogen and oxygen atoms in total. The molecule has 0 heterocycles.